The van der Waals surface area contributed by atoms with Crippen molar-refractivity contribution < 1.29 is 14.9 Å². The van der Waals surface area contributed by atoms with E-state index in [9.17, 15) is 5.11 Å². The van der Waals surface area contributed by atoms with Gasteiger partial charge >= 0.3 is 0 Å². The fourth-order valence-electron chi connectivity index (χ4n) is 1.02. The number of aliphatic hydroxyl groups excluding tert-OH is 1. The second-order valence-electron chi connectivity index (χ2n) is 3.13. The third-order valence-corrected chi connectivity index (χ3v) is 1.62. The zero-order chi connectivity index (χ0) is 12.6. The maximum Gasteiger partial charge on any atom is 0.160 e. The lowest BCUT2D eigenvalue weighted by Gasteiger charge is -2.04. The molecule has 0 bridgehead atoms. The molecule has 0 radical (unpaired) electrons. The van der Waals surface area contributed by atoms with E-state index in [1.807, 2.05) is 12.1 Å². The van der Waals surface area contributed by atoms with Crippen molar-refractivity contribution in [1.82, 2.24) is 0 Å². The number of thiol groups is 1. The van der Waals surface area contributed by atoms with E-state index in [4.69, 9.17) is 9.84 Å². The summed E-state index contributed by atoms with van der Waals surface area (Å²) in [5.41, 5.74) is 0.611. The van der Waals surface area contributed by atoms with E-state index in [1.54, 1.807) is 19.1 Å². The van der Waals surface area contributed by atoms with Gasteiger partial charge in [-0.3, -0.25) is 0 Å². The Morgan fingerprint density at radius 3 is 2.56 bits per heavy atom. The summed E-state index contributed by atoms with van der Waals surface area (Å²) in [7, 11) is 1.53. The van der Waals surface area contributed by atoms with Gasteiger partial charge in [-0.1, -0.05) is 12.1 Å². The Balaban J connectivity index is 0.000000487. The minimum atomic E-state index is -0.472. The van der Waals surface area contributed by atoms with Gasteiger partial charge in [-0.2, -0.15) is 0 Å². The lowest BCUT2D eigenvalue weighted by molar-refractivity contribution is 0.286. The van der Waals surface area contributed by atoms with E-state index in [-0.39, 0.29) is 5.75 Å². The lowest BCUT2D eigenvalue weighted by atomic mass is 10.1. The molecular weight excluding hydrogens is 224 g/mol. The highest BCUT2D eigenvalue weighted by atomic mass is 32.1. The average Bonchev–Trinajstić information content (AvgIpc) is 2.20. The molecule has 1 unspecified atom stereocenters. The molecule has 1 aromatic carbocycles. The van der Waals surface area contributed by atoms with E-state index in [0.717, 1.165) is 12.0 Å². The minimum absolute atomic E-state index is 0.172. The largest absolute Gasteiger partial charge is 0.504 e. The Morgan fingerprint density at radius 1 is 1.56 bits per heavy atom. The summed E-state index contributed by atoms with van der Waals surface area (Å²) in [6.45, 7) is 5.22. The molecule has 3 nitrogen and oxygen atoms in total. The van der Waals surface area contributed by atoms with E-state index >= 15 is 0 Å². The number of aliphatic hydroxyl groups is 1. The Labute approximate surface area is 102 Å². The fourth-order valence-corrected chi connectivity index (χ4v) is 1.02. The molecule has 0 aliphatic rings. The zero-order valence-electron chi connectivity index (χ0n) is 9.55. The van der Waals surface area contributed by atoms with Crippen molar-refractivity contribution >= 4 is 12.6 Å². The zero-order valence-corrected chi connectivity index (χ0v) is 10.4. The van der Waals surface area contributed by atoms with Gasteiger partial charge in [0.15, 0.2) is 11.5 Å². The van der Waals surface area contributed by atoms with Crippen LogP contribution in [0.3, 0.4) is 0 Å². The van der Waals surface area contributed by atoms with E-state index in [1.165, 1.54) is 7.11 Å². The first kappa shape index (κ1) is 14.9. The second-order valence-corrected chi connectivity index (χ2v) is 3.88. The highest BCUT2D eigenvalue weighted by Gasteiger charge is 2.00. The average molecular weight is 242 g/mol. The molecule has 0 heterocycles. The maximum atomic E-state index is 9.25. The van der Waals surface area contributed by atoms with Crippen LogP contribution in [0.2, 0.25) is 0 Å². The summed E-state index contributed by atoms with van der Waals surface area (Å²) < 4.78 is 4.95. The van der Waals surface area contributed by atoms with Gasteiger partial charge in [0.05, 0.1) is 12.5 Å². The summed E-state index contributed by atoms with van der Waals surface area (Å²) in [6, 6.07) is 5.27. The van der Waals surface area contributed by atoms with Crippen molar-refractivity contribution in [3.63, 3.8) is 0 Å². The van der Waals surface area contributed by atoms with Gasteiger partial charge in [-0.25, -0.2) is 0 Å². The number of benzene rings is 1. The molecule has 0 saturated heterocycles. The highest BCUT2D eigenvalue weighted by Crippen LogP contribution is 2.26. The monoisotopic (exact) mass is 242 g/mol. The molecule has 1 atom stereocenters. The SMILES string of the molecule is C=CCc1ccc(O)c(OC)c1.CC(O)S. The van der Waals surface area contributed by atoms with Gasteiger partial charge < -0.3 is 14.9 Å². The lowest BCUT2D eigenvalue weighted by Crippen LogP contribution is -1.86. The molecule has 0 amide bonds. The summed E-state index contributed by atoms with van der Waals surface area (Å²) in [5, 5.41) is 17.2. The van der Waals surface area contributed by atoms with Crippen LogP contribution in [0.25, 0.3) is 0 Å². The van der Waals surface area contributed by atoms with Crippen LogP contribution in [-0.2, 0) is 6.42 Å². The van der Waals surface area contributed by atoms with Crippen LogP contribution < -0.4 is 4.74 Å². The molecule has 0 aromatic heterocycles. The fraction of sp³-hybridized carbons (Fsp3) is 0.333. The van der Waals surface area contributed by atoms with Crippen LogP contribution in [0.4, 0.5) is 0 Å². The van der Waals surface area contributed by atoms with Crippen molar-refractivity contribution in [2.75, 3.05) is 7.11 Å². The Kier molecular flexibility index (Phi) is 7.50. The van der Waals surface area contributed by atoms with Crippen LogP contribution in [0.1, 0.15) is 12.5 Å². The molecule has 16 heavy (non-hydrogen) atoms. The molecule has 0 fully saturated rings. The van der Waals surface area contributed by atoms with Crippen molar-refractivity contribution in [2.45, 2.75) is 18.8 Å². The normalized spacial score (nSPS) is 11.0. The maximum absolute atomic E-state index is 9.25. The number of methoxy groups -OCH3 is 1. The topological polar surface area (TPSA) is 49.7 Å². The molecule has 1 aromatic rings. The first-order chi connectivity index (χ1) is 7.51. The number of aromatic hydroxyl groups is 1. The van der Waals surface area contributed by atoms with E-state index in [2.05, 4.69) is 19.2 Å². The minimum Gasteiger partial charge on any atom is -0.504 e. The summed E-state index contributed by atoms with van der Waals surface area (Å²) >= 11 is 3.52. The van der Waals surface area contributed by atoms with Crippen LogP contribution in [0.15, 0.2) is 30.9 Å². The molecule has 0 aliphatic carbocycles. The van der Waals surface area contributed by atoms with E-state index in [0.29, 0.717) is 5.75 Å². The van der Waals surface area contributed by atoms with Crippen LogP contribution in [-0.4, -0.2) is 22.8 Å². The van der Waals surface area contributed by atoms with E-state index < -0.39 is 5.44 Å². The number of rotatable bonds is 3. The van der Waals surface area contributed by atoms with Gasteiger partial charge in [0.2, 0.25) is 0 Å². The van der Waals surface area contributed by atoms with Gasteiger partial charge in [0, 0.05) is 0 Å². The number of ether oxygens (including phenoxy) is 1. The summed E-state index contributed by atoms with van der Waals surface area (Å²) in [5.74, 6) is 0.680. The quantitative estimate of drug-likeness (QED) is 0.433. The molecule has 0 spiro atoms. The number of phenolic OH excluding ortho intramolecular Hbond substituents is 1. The first-order valence-electron chi connectivity index (χ1n) is 4.84. The third kappa shape index (κ3) is 6.37. The van der Waals surface area contributed by atoms with Gasteiger partial charge in [-0.15, -0.1) is 19.2 Å². The molecule has 0 saturated carbocycles. The van der Waals surface area contributed by atoms with Gasteiger partial charge in [0.1, 0.15) is 0 Å². The molecule has 2 N–H and O–H groups in total. The smallest absolute Gasteiger partial charge is 0.160 e. The second kappa shape index (κ2) is 8.07. The summed E-state index contributed by atoms with van der Waals surface area (Å²) in [4.78, 5) is 0. The van der Waals surface area contributed by atoms with Gasteiger partial charge in [0.25, 0.3) is 0 Å². The predicted molar refractivity (Wildman–Crippen MR) is 69.2 cm³/mol. The molecule has 1 rings (SSSR count). The Morgan fingerprint density at radius 2 is 2.12 bits per heavy atom. The predicted octanol–water partition coefficient (Wildman–Crippen LogP) is 2.38. The number of phenols is 1. The van der Waals surface area contributed by atoms with Crippen molar-refractivity contribution in [1.29, 1.82) is 0 Å². The standard InChI is InChI=1S/C10H12O2.C2H6OS/c1-3-4-8-5-6-9(11)10(7-8)12-2;1-2(3)4/h3,5-7,11H,1,4H2,2H3;2-4H,1H3. The van der Waals surface area contributed by atoms with Crippen molar-refractivity contribution in [3.8, 4) is 11.5 Å². The highest BCUT2D eigenvalue weighted by molar-refractivity contribution is 7.80. The molecular formula is C12H18O3S. The molecule has 4 heteroatoms. The Hall–Kier alpha value is -1.13. The summed E-state index contributed by atoms with van der Waals surface area (Å²) in [6.07, 6.45) is 2.60. The molecule has 0 aliphatic heterocycles. The van der Waals surface area contributed by atoms with Crippen LogP contribution >= 0.6 is 12.6 Å². The number of hydrogen-bond acceptors (Lipinski definition) is 4. The van der Waals surface area contributed by atoms with Crippen molar-refractivity contribution in [3.05, 3.63) is 36.4 Å². The van der Waals surface area contributed by atoms with Crippen molar-refractivity contribution in [2.24, 2.45) is 0 Å². The number of allylic oxidation sites excluding steroid dienone is 1. The third-order valence-electron chi connectivity index (χ3n) is 1.62. The van der Waals surface area contributed by atoms with Gasteiger partial charge in [-0.05, 0) is 31.0 Å². The van der Waals surface area contributed by atoms with Crippen LogP contribution in [0.5, 0.6) is 11.5 Å². The Bertz CT molecular complexity index is 321. The first-order valence-corrected chi connectivity index (χ1v) is 5.35. The molecule has 90 valence electrons. The van der Waals surface area contributed by atoms with Crippen LogP contribution in [0, 0.1) is 0 Å². The number of hydrogen-bond donors (Lipinski definition) is 3.